The van der Waals surface area contributed by atoms with E-state index < -0.39 is 0 Å². The molecular weight excluding hydrogens is 408 g/mol. The van der Waals surface area contributed by atoms with Crippen LogP contribution in [0.1, 0.15) is 48.7 Å². The molecule has 2 aromatic rings. The lowest BCUT2D eigenvalue weighted by Gasteiger charge is -2.35. The Bertz CT molecular complexity index is 879. The van der Waals surface area contributed by atoms with E-state index in [1.165, 1.54) is 29.7 Å². The number of carbonyl (C=O) groups excluding carboxylic acids is 2. The second kappa shape index (κ2) is 10.4. The Morgan fingerprint density at radius 3 is 2.23 bits per heavy atom. The Labute approximate surface area is 188 Å². The topological polar surface area (TPSA) is 56.8 Å². The molecule has 1 aromatic carbocycles. The highest BCUT2D eigenvalue weighted by atomic mass is 32.1. The quantitative estimate of drug-likeness (QED) is 0.714. The number of thiazole rings is 1. The molecule has 0 aliphatic carbocycles. The van der Waals surface area contributed by atoms with Gasteiger partial charge in [-0.1, -0.05) is 44.0 Å². The number of benzene rings is 1. The summed E-state index contributed by atoms with van der Waals surface area (Å²) in [6, 6.07) is 8.38. The Balaban J connectivity index is 1.29. The van der Waals surface area contributed by atoms with Crippen molar-refractivity contribution in [2.75, 3.05) is 45.8 Å². The van der Waals surface area contributed by atoms with Crippen LogP contribution in [0.25, 0.3) is 10.6 Å². The smallest absolute Gasteiger partial charge is 0.273 e. The van der Waals surface area contributed by atoms with Gasteiger partial charge in [0, 0.05) is 50.2 Å². The van der Waals surface area contributed by atoms with Crippen molar-refractivity contribution in [1.82, 2.24) is 19.7 Å². The van der Waals surface area contributed by atoms with Crippen molar-refractivity contribution in [3.8, 4) is 10.6 Å². The predicted octanol–water partition coefficient (Wildman–Crippen LogP) is 3.53. The minimum atomic E-state index is -0.00817. The largest absolute Gasteiger partial charge is 0.342 e. The molecule has 2 aliphatic heterocycles. The van der Waals surface area contributed by atoms with E-state index in [1.807, 2.05) is 15.2 Å². The van der Waals surface area contributed by atoms with Crippen LogP contribution in [0.4, 0.5) is 0 Å². The second-order valence-electron chi connectivity index (χ2n) is 8.45. The molecule has 0 saturated carbocycles. The van der Waals surface area contributed by atoms with E-state index in [1.54, 1.807) is 0 Å². The van der Waals surface area contributed by atoms with Crippen LogP contribution in [-0.2, 0) is 11.2 Å². The maximum absolute atomic E-state index is 12.9. The molecule has 31 heavy (non-hydrogen) atoms. The molecule has 2 fully saturated rings. The summed E-state index contributed by atoms with van der Waals surface area (Å²) in [5.41, 5.74) is 2.87. The van der Waals surface area contributed by atoms with Gasteiger partial charge in [0.15, 0.2) is 0 Å². The Hall–Kier alpha value is -2.25. The number of likely N-dealkylation sites (tertiary alicyclic amines) is 1. The molecule has 0 spiro atoms. The summed E-state index contributed by atoms with van der Waals surface area (Å²) in [5, 5.41) is 2.74. The molecule has 2 saturated heterocycles. The van der Waals surface area contributed by atoms with E-state index in [9.17, 15) is 9.59 Å². The lowest BCUT2D eigenvalue weighted by molar-refractivity contribution is -0.132. The second-order valence-corrected chi connectivity index (χ2v) is 9.31. The number of nitrogens with zero attached hydrogens (tertiary/aromatic N) is 4. The van der Waals surface area contributed by atoms with Crippen LogP contribution in [0.2, 0.25) is 0 Å². The molecule has 2 aliphatic rings. The molecule has 0 N–H and O–H groups in total. The predicted molar refractivity (Wildman–Crippen MR) is 124 cm³/mol. The molecule has 2 amide bonds. The van der Waals surface area contributed by atoms with Crippen LogP contribution >= 0.6 is 11.3 Å². The van der Waals surface area contributed by atoms with E-state index in [0.29, 0.717) is 25.3 Å². The van der Waals surface area contributed by atoms with Crippen LogP contribution in [0.5, 0.6) is 0 Å². The molecule has 0 bridgehead atoms. The van der Waals surface area contributed by atoms with E-state index in [0.717, 1.165) is 56.0 Å². The third-order valence-electron chi connectivity index (χ3n) is 6.31. The molecule has 4 rings (SSSR count). The Morgan fingerprint density at radius 1 is 0.903 bits per heavy atom. The molecule has 0 atom stereocenters. The highest BCUT2D eigenvalue weighted by Gasteiger charge is 2.26. The highest BCUT2D eigenvalue weighted by molar-refractivity contribution is 7.13. The van der Waals surface area contributed by atoms with Gasteiger partial charge in [0.05, 0.1) is 6.54 Å². The van der Waals surface area contributed by atoms with Crippen LogP contribution in [0.3, 0.4) is 0 Å². The fraction of sp³-hybridized carbons (Fsp3) is 0.542. The average molecular weight is 441 g/mol. The SMILES string of the molecule is CCc1ccc(-c2nc(C(=O)N3CCN(CC(=O)N4CCCCCC4)CC3)cs2)cc1. The molecule has 3 heterocycles. The van der Waals surface area contributed by atoms with Crippen molar-refractivity contribution in [3.05, 3.63) is 40.9 Å². The fourth-order valence-electron chi connectivity index (χ4n) is 4.27. The third kappa shape index (κ3) is 5.52. The molecule has 0 radical (unpaired) electrons. The van der Waals surface area contributed by atoms with Crippen molar-refractivity contribution in [3.63, 3.8) is 0 Å². The van der Waals surface area contributed by atoms with Gasteiger partial charge in [0.25, 0.3) is 5.91 Å². The maximum Gasteiger partial charge on any atom is 0.273 e. The minimum Gasteiger partial charge on any atom is -0.342 e. The third-order valence-corrected chi connectivity index (χ3v) is 7.20. The van der Waals surface area contributed by atoms with Crippen molar-refractivity contribution in [1.29, 1.82) is 0 Å². The summed E-state index contributed by atoms with van der Waals surface area (Å²) in [6.45, 7) is 7.15. The summed E-state index contributed by atoms with van der Waals surface area (Å²) in [6.07, 6.45) is 5.70. The van der Waals surface area contributed by atoms with Crippen LogP contribution in [0.15, 0.2) is 29.6 Å². The molecular formula is C24H32N4O2S. The van der Waals surface area contributed by atoms with E-state index in [2.05, 4.69) is 41.1 Å². The first-order valence-corrected chi connectivity index (χ1v) is 12.4. The van der Waals surface area contributed by atoms with E-state index in [4.69, 9.17) is 0 Å². The van der Waals surface area contributed by atoms with Crippen molar-refractivity contribution >= 4 is 23.2 Å². The summed E-state index contributed by atoms with van der Waals surface area (Å²) >= 11 is 1.52. The van der Waals surface area contributed by atoms with Crippen LogP contribution in [-0.4, -0.2) is 77.3 Å². The lowest BCUT2D eigenvalue weighted by atomic mass is 10.1. The zero-order valence-corrected chi connectivity index (χ0v) is 19.2. The molecule has 1 aromatic heterocycles. The molecule has 6 nitrogen and oxygen atoms in total. The van der Waals surface area contributed by atoms with E-state index >= 15 is 0 Å². The normalized spacial score (nSPS) is 18.1. The fourth-order valence-corrected chi connectivity index (χ4v) is 5.07. The monoisotopic (exact) mass is 440 g/mol. The first-order chi connectivity index (χ1) is 15.1. The summed E-state index contributed by atoms with van der Waals surface area (Å²) < 4.78 is 0. The molecule has 166 valence electrons. The van der Waals surface area contributed by atoms with Gasteiger partial charge in [-0.05, 0) is 24.8 Å². The van der Waals surface area contributed by atoms with Gasteiger partial charge in [-0.2, -0.15) is 0 Å². The van der Waals surface area contributed by atoms with Gasteiger partial charge < -0.3 is 9.80 Å². The average Bonchev–Trinajstić information content (AvgIpc) is 3.14. The number of hydrogen-bond donors (Lipinski definition) is 0. The standard InChI is InChI=1S/C24H32N4O2S/c1-2-19-7-9-20(10-8-19)23-25-21(18-31-23)24(30)28-15-13-26(14-16-28)17-22(29)27-11-5-3-4-6-12-27/h7-10,18H,2-6,11-17H2,1H3. The van der Waals surface area contributed by atoms with Gasteiger partial charge in [0.1, 0.15) is 10.7 Å². The Morgan fingerprint density at radius 2 is 1.58 bits per heavy atom. The van der Waals surface area contributed by atoms with Crippen molar-refractivity contribution < 1.29 is 9.59 Å². The lowest BCUT2D eigenvalue weighted by Crippen LogP contribution is -2.51. The van der Waals surface area contributed by atoms with Crippen LogP contribution < -0.4 is 0 Å². The highest BCUT2D eigenvalue weighted by Crippen LogP contribution is 2.25. The number of hydrogen-bond acceptors (Lipinski definition) is 5. The number of amides is 2. The van der Waals surface area contributed by atoms with E-state index in [-0.39, 0.29) is 11.8 Å². The zero-order valence-electron chi connectivity index (χ0n) is 18.4. The number of carbonyl (C=O) groups is 2. The molecule has 0 unspecified atom stereocenters. The molecule has 7 heteroatoms. The maximum atomic E-state index is 12.9. The number of aromatic nitrogens is 1. The van der Waals surface area contributed by atoms with Gasteiger partial charge >= 0.3 is 0 Å². The van der Waals surface area contributed by atoms with Gasteiger partial charge in [-0.15, -0.1) is 11.3 Å². The summed E-state index contributed by atoms with van der Waals surface area (Å²) in [5.74, 6) is 0.228. The van der Waals surface area contributed by atoms with Gasteiger partial charge in [0.2, 0.25) is 5.91 Å². The number of piperazine rings is 1. The van der Waals surface area contributed by atoms with Gasteiger partial charge in [-0.25, -0.2) is 4.98 Å². The van der Waals surface area contributed by atoms with Crippen molar-refractivity contribution in [2.45, 2.75) is 39.0 Å². The minimum absolute atomic E-state index is 0.00817. The number of aryl methyl sites for hydroxylation is 1. The Kier molecular flexibility index (Phi) is 7.35. The summed E-state index contributed by atoms with van der Waals surface area (Å²) in [4.78, 5) is 36.2. The zero-order chi connectivity index (χ0) is 21.6. The van der Waals surface area contributed by atoms with Crippen LogP contribution in [0, 0.1) is 0 Å². The first kappa shape index (κ1) is 22.0. The van der Waals surface area contributed by atoms with Crippen molar-refractivity contribution in [2.24, 2.45) is 0 Å². The number of rotatable bonds is 5. The van der Waals surface area contributed by atoms with Gasteiger partial charge in [-0.3, -0.25) is 14.5 Å². The first-order valence-electron chi connectivity index (χ1n) is 11.5. The summed E-state index contributed by atoms with van der Waals surface area (Å²) in [7, 11) is 0.